The number of hydrogen-bond donors (Lipinski definition) is 0. The highest BCUT2D eigenvalue weighted by Crippen LogP contribution is 2.20. The second-order valence-corrected chi connectivity index (χ2v) is 4.58. The second kappa shape index (κ2) is 7.23. The molecule has 112 valence electrons. The van der Waals surface area contributed by atoms with Crippen LogP contribution < -0.4 is 4.74 Å². The average Bonchev–Trinajstić information content (AvgIpc) is 2.56. The lowest BCUT2D eigenvalue weighted by molar-refractivity contribution is 0.0773. The predicted molar refractivity (Wildman–Crippen MR) is 82.7 cm³/mol. The zero-order valence-electron chi connectivity index (χ0n) is 12.6. The van der Waals surface area contributed by atoms with Crippen molar-refractivity contribution in [3.63, 3.8) is 0 Å². The van der Waals surface area contributed by atoms with E-state index in [2.05, 4.69) is 4.98 Å². The topological polar surface area (TPSA) is 66.2 Å². The van der Waals surface area contributed by atoms with Crippen LogP contribution in [0.1, 0.15) is 29.9 Å². The van der Waals surface area contributed by atoms with Crippen molar-refractivity contribution in [1.82, 2.24) is 9.88 Å². The maximum Gasteiger partial charge on any atom is 0.253 e. The van der Waals surface area contributed by atoms with E-state index in [1.54, 1.807) is 47.4 Å². The van der Waals surface area contributed by atoms with Crippen molar-refractivity contribution in [1.29, 1.82) is 5.26 Å². The van der Waals surface area contributed by atoms with Crippen molar-refractivity contribution in [2.45, 2.75) is 13.8 Å². The molecule has 0 aliphatic rings. The lowest BCUT2D eigenvalue weighted by atomic mass is 10.2. The third kappa shape index (κ3) is 3.61. The number of pyridine rings is 1. The molecule has 0 spiro atoms. The molecule has 1 aromatic carbocycles. The molecule has 5 nitrogen and oxygen atoms in total. The minimum atomic E-state index is 0.00107. The van der Waals surface area contributed by atoms with E-state index in [4.69, 9.17) is 10.00 Å². The number of nitriles is 1. The van der Waals surface area contributed by atoms with Gasteiger partial charge in [0.1, 0.15) is 17.5 Å². The number of amides is 1. The van der Waals surface area contributed by atoms with Gasteiger partial charge in [0.05, 0.1) is 0 Å². The molecule has 1 heterocycles. The Morgan fingerprint density at radius 3 is 2.45 bits per heavy atom. The van der Waals surface area contributed by atoms with Crippen LogP contribution in [0.5, 0.6) is 11.6 Å². The van der Waals surface area contributed by atoms with E-state index in [-0.39, 0.29) is 5.91 Å². The Labute approximate surface area is 129 Å². The number of carbonyl (C=O) groups excluding carboxylic acids is 1. The molecule has 22 heavy (non-hydrogen) atoms. The van der Waals surface area contributed by atoms with Gasteiger partial charge in [0.25, 0.3) is 5.91 Å². The highest BCUT2D eigenvalue weighted by molar-refractivity contribution is 5.94. The fraction of sp³-hybridized carbons (Fsp3) is 0.235. The van der Waals surface area contributed by atoms with Gasteiger partial charge in [0.2, 0.25) is 5.88 Å². The van der Waals surface area contributed by atoms with Crippen molar-refractivity contribution in [3.8, 4) is 17.7 Å². The Morgan fingerprint density at radius 1 is 1.18 bits per heavy atom. The van der Waals surface area contributed by atoms with E-state index < -0.39 is 0 Å². The molecule has 0 bridgehead atoms. The first-order valence-electron chi connectivity index (χ1n) is 7.12. The molecule has 0 aliphatic heterocycles. The molecule has 2 rings (SSSR count). The summed E-state index contributed by atoms with van der Waals surface area (Å²) in [5.41, 5.74) is 0.917. The Morgan fingerprint density at radius 2 is 1.86 bits per heavy atom. The molecule has 0 fully saturated rings. The van der Waals surface area contributed by atoms with Crippen LogP contribution in [0.3, 0.4) is 0 Å². The van der Waals surface area contributed by atoms with Gasteiger partial charge in [-0.25, -0.2) is 4.98 Å². The summed E-state index contributed by atoms with van der Waals surface area (Å²) in [6.07, 6.45) is 0. The van der Waals surface area contributed by atoms with Gasteiger partial charge in [-0.1, -0.05) is 6.07 Å². The molecule has 0 unspecified atom stereocenters. The second-order valence-electron chi connectivity index (χ2n) is 4.58. The standard InChI is InChI=1S/C17H17N3O2/c1-3-20(4-2)17(21)13-8-10-15(11-9-13)22-16-7-5-6-14(12-18)19-16/h5-11H,3-4H2,1-2H3. The Bertz CT molecular complexity index is 686. The number of rotatable bonds is 5. The van der Waals surface area contributed by atoms with Crippen LogP contribution in [0.15, 0.2) is 42.5 Å². The van der Waals surface area contributed by atoms with Gasteiger partial charge in [-0.05, 0) is 44.2 Å². The zero-order valence-corrected chi connectivity index (χ0v) is 12.6. The van der Waals surface area contributed by atoms with E-state index >= 15 is 0 Å². The molecule has 0 radical (unpaired) electrons. The summed E-state index contributed by atoms with van der Waals surface area (Å²) >= 11 is 0. The predicted octanol–water partition coefficient (Wildman–Crippen LogP) is 3.23. The fourth-order valence-corrected chi connectivity index (χ4v) is 2.01. The molecule has 1 amide bonds. The van der Waals surface area contributed by atoms with Crippen LogP contribution in [-0.2, 0) is 0 Å². The maximum absolute atomic E-state index is 12.2. The highest BCUT2D eigenvalue weighted by Gasteiger charge is 2.12. The fourth-order valence-electron chi connectivity index (χ4n) is 2.01. The summed E-state index contributed by atoms with van der Waals surface area (Å²) < 4.78 is 5.58. The van der Waals surface area contributed by atoms with Crippen molar-refractivity contribution in [2.24, 2.45) is 0 Å². The van der Waals surface area contributed by atoms with Crippen LogP contribution >= 0.6 is 0 Å². The van der Waals surface area contributed by atoms with Gasteiger partial charge < -0.3 is 9.64 Å². The number of nitrogens with zero attached hydrogens (tertiary/aromatic N) is 3. The van der Waals surface area contributed by atoms with Crippen LogP contribution in [0.4, 0.5) is 0 Å². The first-order valence-corrected chi connectivity index (χ1v) is 7.12. The quantitative estimate of drug-likeness (QED) is 0.849. The van der Waals surface area contributed by atoms with Gasteiger partial charge in [-0.15, -0.1) is 0 Å². The van der Waals surface area contributed by atoms with Crippen molar-refractivity contribution in [3.05, 3.63) is 53.7 Å². The molecule has 5 heteroatoms. The number of carbonyl (C=O) groups is 1. The van der Waals surface area contributed by atoms with Gasteiger partial charge in [0, 0.05) is 24.7 Å². The third-order valence-electron chi connectivity index (χ3n) is 3.21. The lowest BCUT2D eigenvalue weighted by Gasteiger charge is -2.18. The van der Waals surface area contributed by atoms with Crippen LogP contribution in [-0.4, -0.2) is 28.9 Å². The van der Waals surface area contributed by atoms with Gasteiger partial charge in [-0.2, -0.15) is 5.26 Å². The van der Waals surface area contributed by atoms with E-state index in [9.17, 15) is 4.79 Å². The van der Waals surface area contributed by atoms with Crippen LogP contribution in [0.25, 0.3) is 0 Å². The van der Waals surface area contributed by atoms with E-state index in [1.807, 2.05) is 19.9 Å². The van der Waals surface area contributed by atoms with Crippen LogP contribution in [0, 0.1) is 11.3 Å². The van der Waals surface area contributed by atoms with Crippen molar-refractivity contribution < 1.29 is 9.53 Å². The summed E-state index contributed by atoms with van der Waals surface area (Å²) in [6, 6.07) is 13.8. The first kappa shape index (κ1) is 15.5. The Hall–Kier alpha value is -2.87. The summed E-state index contributed by atoms with van der Waals surface area (Å²) in [5, 5.41) is 8.81. The van der Waals surface area contributed by atoms with Crippen LogP contribution in [0.2, 0.25) is 0 Å². The Kier molecular flexibility index (Phi) is 5.10. The van der Waals surface area contributed by atoms with E-state index in [0.717, 1.165) is 0 Å². The smallest absolute Gasteiger partial charge is 0.253 e. The molecular formula is C17H17N3O2. The summed E-state index contributed by atoms with van der Waals surface area (Å²) in [7, 11) is 0. The maximum atomic E-state index is 12.2. The molecule has 0 atom stereocenters. The first-order chi connectivity index (χ1) is 10.7. The molecule has 0 N–H and O–H groups in total. The number of ether oxygens (including phenoxy) is 1. The molecule has 0 saturated heterocycles. The van der Waals surface area contributed by atoms with Crippen molar-refractivity contribution >= 4 is 5.91 Å². The molecule has 1 aromatic heterocycles. The Balaban J connectivity index is 2.12. The summed E-state index contributed by atoms with van der Waals surface area (Å²) in [6.45, 7) is 5.26. The lowest BCUT2D eigenvalue weighted by Crippen LogP contribution is -2.30. The third-order valence-corrected chi connectivity index (χ3v) is 3.21. The summed E-state index contributed by atoms with van der Waals surface area (Å²) in [5.74, 6) is 0.918. The minimum Gasteiger partial charge on any atom is -0.439 e. The zero-order chi connectivity index (χ0) is 15.9. The molecule has 2 aromatic rings. The SMILES string of the molecule is CCN(CC)C(=O)c1ccc(Oc2cccc(C#N)n2)cc1. The van der Waals surface area contributed by atoms with Gasteiger partial charge in [-0.3, -0.25) is 4.79 Å². The number of benzene rings is 1. The van der Waals surface area contributed by atoms with E-state index in [1.165, 1.54) is 0 Å². The number of hydrogen-bond acceptors (Lipinski definition) is 4. The average molecular weight is 295 g/mol. The number of aromatic nitrogens is 1. The highest BCUT2D eigenvalue weighted by atomic mass is 16.5. The molecule has 0 aliphatic carbocycles. The normalized spacial score (nSPS) is 9.86. The molecular weight excluding hydrogens is 278 g/mol. The monoisotopic (exact) mass is 295 g/mol. The van der Waals surface area contributed by atoms with Gasteiger partial charge in [0.15, 0.2) is 0 Å². The summed E-state index contributed by atoms with van der Waals surface area (Å²) in [4.78, 5) is 18.0. The van der Waals surface area contributed by atoms with E-state index in [0.29, 0.717) is 36.0 Å². The van der Waals surface area contributed by atoms with Gasteiger partial charge >= 0.3 is 0 Å². The molecule has 0 saturated carbocycles. The van der Waals surface area contributed by atoms with Crippen molar-refractivity contribution in [2.75, 3.05) is 13.1 Å². The largest absolute Gasteiger partial charge is 0.439 e. The minimum absolute atomic E-state index is 0.00107.